The number of thioether (sulfide) groups is 1. The van der Waals surface area contributed by atoms with E-state index in [2.05, 4.69) is 42.5 Å². The predicted octanol–water partition coefficient (Wildman–Crippen LogP) is -3.12. The van der Waals surface area contributed by atoms with E-state index in [1.165, 1.54) is 18.7 Å². The van der Waals surface area contributed by atoms with Crippen molar-refractivity contribution in [2.75, 3.05) is 18.6 Å². The van der Waals surface area contributed by atoms with Crippen LogP contribution < -0.4 is 65.5 Å². The Bertz CT molecular complexity index is 2190. The number of carboxylic acid groups (broad SMARTS) is 2. The first-order valence-electron chi connectivity index (χ1n) is 25.8. The van der Waals surface area contributed by atoms with Crippen molar-refractivity contribution in [3.05, 3.63) is 35.9 Å². The van der Waals surface area contributed by atoms with Gasteiger partial charge in [-0.25, -0.2) is 4.79 Å². The van der Waals surface area contributed by atoms with Gasteiger partial charge < -0.3 is 80.8 Å². The lowest BCUT2D eigenvalue weighted by atomic mass is 9.96. The van der Waals surface area contributed by atoms with E-state index in [0.717, 1.165) is 0 Å². The average Bonchev–Trinajstić information content (AvgIpc) is 3.37. The number of hydrogen-bond donors (Lipinski definition) is 15. The first kappa shape index (κ1) is 69.1. The van der Waals surface area contributed by atoms with Gasteiger partial charge in [0.1, 0.15) is 54.4 Å². The standard InChI is InChI=1S/C50H82N12O15S/c1-7-27(4)41(49(75)61-36(50(76)77)25-38(53)65)62-47(73)34(23-26(2)3)59-46(72)35(24-29-13-9-8-10-14-29)60-44(70)32(17-19-39(66)67)57-43(69)31(16-18-37(52)64)56-42(68)30(15-11-12-21-51)55-45(71)33(20-22-78-6)58-48(74)40(54)28(5)63/h8-10,13-14,26-28,30-36,40-41,63H,7,11-12,15-25,51,54H2,1-6H3,(H2,52,64)(H2,53,65)(H,55,71)(H,56,68)(H,57,69)(H,58,74)(H,59,72)(H,60,70)(H,61,75)(H,62,73)(H,66,67)(H,76,77)/t27-,28+,30-,31-,32-,33-,34-,35-,36-,40-,41-/m0/s1. The normalized spacial score (nSPS) is 15.4. The topological polar surface area (TPSA) is 466 Å². The maximum Gasteiger partial charge on any atom is 0.326 e. The summed E-state index contributed by atoms with van der Waals surface area (Å²) in [5.41, 5.74) is 22.6. The smallest absolute Gasteiger partial charge is 0.326 e. The summed E-state index contributed by atoms with van der Waals surface area (Å²) in [6.45, 7) is 8.31. The van der Waals surface area contributed by atoms with Crippen molar-refractivity contribution in [3.8, 4) is 0 Å². The Morgan fingerprint density at radius 3 is 1.49 bits per heavy atom. The summed E-state index contributed by atoms with van der Waals surface area (Å²) < 4.78 is 0. The van der Waals surface area contributed by atoms with Crippen molar-refractivity contribution in [3.63, 3.8) is 0 Å². The van der Waals surface area contributed by atoms with Crippen LogP contribution in [0.25, 0.3) is 0 Å². The van der Waals surface area contributed by atoms with E-state index in [-0.39, 0.29) is 38.1 Å². The van der Waals surface area contributed by atoms with Gasteiger partial charge in [0.25, 0.3) is 0 Å². The summed E-state index contributed by atoms with van der Waals surface area (Å²) in [6.07, 6.45) is -1.57. The highest BCUT2D eigenvalue weighted by Gasteiger charge is 2.37. The minimum Gasteiger partial charge on any atom is -0.481 e. The Balaban J connectivity index is 3.68. The van der Waals surface area contributed by atoms with Crippen LogP contribution in [0.4, 0.5) is 0 Å². The lowest BCUT2D eigenvalue weighted by Gasteiger charge is -2.29. The molecule has 11 atom stereocenters. The van der Waals surface area contributed by atoms with Gasteiger partial charge in [0.2, 0.25) is 59.1 Å². The molecule has 438 valence electrons. The molecule has 1 aromatic carbocycles. The number of carbonyl (C=O) groups excluding carboxylic acids is 10. The van der Waals surface area contributed by atoms with Crippen LogP contribution in [0.5, 0.6) is 0 Å². The second-order valence-corrected chi connectivity index (χ2v) is 20.4. The number of carbonyl (C=O) groups is 12. The van der Waals surface area contributed by atoms with Crippen molar-refractivity contribution in [2.45, 2.75) is 172 Å². The van der Waals surface area contributed by atoms with Crippen molar-refractivity contribution < 1.29 is 72.9 Å². The summed E-state index contributed by atoms with van der Waals surface area (Å²) in [5, 5.41) is 49.2. The first-order valence-corrected chi connectivity index (χ1v) is 27.2. The van der Waals surface area contributed by atoms with Gasteiger partial charge >= 0.3 is 11.9 Å². The van der Waals surface area contributed by atoms with Gasteiger partial charge in [-0.1, -0.05) is 64.4 Å². The third kappa shape index (κ3) is 26.4. The minimum absolute atomic E-state index is 0.0149. The van der Waals surface area contributed by atoms with Crippen LogP contribution >= 0.6 is 11.8 Å². The minimum atomic E-state index is -1.73. The lowest BCUT2D eigenvalue weighted by molar-refractivity contribution is -0.144. The molecule has 27 nitrogen and oxygen atoms in total. The van der Waals surface area contributed by atoms with Crippen LogP contribution in [0.3, 0.4) is 0 Å². The van der Waals surface area contributed by atoms with Crippen LogP contribution in [0.1, 0.15) is 111 Å². The molecule has 0 radical (unpaired) electrons. The van der Waals surface area contributed by atoms with Crippen LogP contribution in [-0.4, -0.2) is 165 Å². The molecule has 0 aliphatic heterocycles. The molecule has 10 amide bonds. The van der Waals surface area contributed by atoms with Crippen molar-refractivity contribution in [1.82, 2.24) is 42.5 Å². The monoisotopic (exact) mass is 1120 g/mol. The number of nitrogens with one attached hydrogen (secondary N) is 8. The zero-order valence-corrected chi connectivity index (χ0v) is 46.0. The number of aliphatic hydroxyl groups is 1. The third-order valence-electron chi connectivity index (χ3n) is 12.3. The van der Waals surface area contributed by atoms with E-state index < -0.39 is 170 Å². The van der Waals surface area contributed by atoms with Crippen molar-refractivity contribution in [1.29, 1.82) is 0 Å². The maximum atomic E-state index is 14.4. The fraction of sp³-hybridized carbons (Fsp3) is 0.640. The summed E-state index contributed by atoms with van der Waals surface area (Å²) in [4.78, 5) is 158. The summed E-state index contributed by atoms with van der Waals surface area (Å²) >= 11 is 1.36. The van der Waals surface area contributed by atoms with Crippen molar-refractivity contribution >= 4 is 82.8 Å². The van der Waals surface area contributed by atoms with E-state index in [4.69, 9.17) is 22.9 Å². The molecule has 0 spiro atoms. The predicted molar refractivity (Wildman–Crippen MR) is 287 cm³/mol. The Hall–Kier alpha value is -6.91. The first-order chi connectivity index (χ1) is 36.6. The van der Waals surface area contributed by atoms with E-state index in [1.54, 1.807) is 64.3 Å². The van der Waals surface area contributed by atoms with E-state index in [0.29, 0.717) is 30.6 Å². The molecule has 0 unspecified atom stereocenters. The fourth-order valence-corrected chi connectivity index (χ4v) is 8.06. The maximum absolute atomic E-state index is 14.4. The quantitative estimate of drug-likeness (QED) is 0.0290. The molecule has 0 bridgehead atoms. The molecule has 0 aliphatic rings. The molecule has 0 aromatic heterocycles. The zero-order valence-electron chi connectivity index (χ0n) is 45.2. The van der Waals surface area contributed by atoms with Gasteiger partial charge in [-0.3, -0.25) is 52.7 Å². The number of hydrogen-bond acceptors (Lipinski definition) is 16. The molecule has 78 heavy (non-hydrogen) atoms. The lowest BCUT2D eigenvalue weighted by Crippen LogP contribution is -2.61. The molecule has 19 N–H and O–H groups in total. The SMILES string of the molecule is CC[C@H](C)[C@H](NC(=O)[C@H](CC(C)C)NC(=O)[C@H](Cc1ccccc1)NC(=O)[C@H](CCC(=O)O)NC(=O)[C@H](CCC(N)=O)NC(=O)[C@H](CCCCN)NC(=O)[C@H](CCSC)NC(=O)[C@@H](N)[C@@H](C)O)C(=O)N[C@@H](CC(N)=O)C(=O)O. The average molecular weight is 1120 g/mol. The molecule has 1 aromatic rings. The number of aliphatic hydroxyl groups excluding tert-OH is 1. The van der Waals surface area contributed by atoms with Crippen LogP contribution in [0.15, 0.2) is 30.3 Å². The molecule has 0 fully saturated rings. The van der Waals surface area contributed by atoms with Gasteiger partial charge in [0.15, 0.2) is 0 Å². The molecule has 0 saturated heterocycles. The van der Waals surface area contributed by atoms with Gasteiger partial charge in [0.05, 0.1) is 12.5 Å². The zero-order chi connectivity index (χ0) is 59.2. The van der Waals surface area contributed by atoms with E-state index in [9.17, 15) is 72.9 Å². The molecule has 0 aliphatic carbocycles. The second kappa shape index (κ2) is 36.2. The number of amides is 10. The number of nitrogens with two attached hydrogens (primary N) is 4. The second-order valence-electron chi connectivity index (χ2n) is 19.4. The van der Waals surface area contributed by atoms with Gasteiger partial charge in [-0.05, 0) is 87.8 Å². The molecule has 28 heteroatoms. The molecule has 0 saturated carbocycles. The van der Waals surface area contributed by atoms with Crippen LogP contribution in [0, 0.1) is 11.8 Å². The summed E-state index contributed by atoms with van der Waals surface area (Å²) in [6, 6.07) is -5.03. The number of primary amides is 2. The Labute approximate surface area is 458 Å². The van der Waals surface area contributed by atoms with Crippen LogP contribution in [-0.2, 0) is 64.0 Å². The van der Waals surface area contributed by atoms with Gasteiger partial charge in [-0.15, -0.1) is 0 Å². The van der Waals surface area contributed by atoms with E-state index >= 15 is 0 Å². The van der Waals surface area contributed by atoms with Gasteiger partial charge in [0, 0.05) is 19.3 Å². The molecular weight excluding hydrogens is 1040 g/mol. The fourth-order valence-electron chi connectivity index (χ4n) is 7.59. The molecular formula is C50H82N12O15S. The third-order valence-corrected chi connectivity index (χ3v) is 13.0. The van der Waals surface area contributed by atoms with Crippen LogP contribution in [0.2, 0.25) is 0 Å². The number of carboxylic acids is 2. The Morgan fingerprint density at radius 1 is 0.564 bits per heavy atom. The molecule has 1 rings (SSSR count). The molecule has 0 heterocycles. The number of unbranched alkanes of at least 4 members (excludes halogenated alkanes) is 1. The summed E-state index contributed by atoms with van der Waals surface area (Å²) in [7, 11) is 0. The van der Waals surface area contributed by atoms with Gasteiger partial charge in [-0.2, -0.15) is 11.8 Å². The van der Waals surface area contributed by atoms with Crippen molar-refractivity contribution in [2.24, 2.45) is 34.8 Å². The Kier molecular flexibility index (Phi) is 32.1. The largest absolute Gasteiger partial charge is 0.481 e. The highest BCUT2D eigenvalue weighted by molar-refractivity contribution is 7.98. The number of benzene rings is 1. The highest BCUT2D eigenvalue weighted by Crippen LogP contribution is 2.14. The van der Waals surface area contributed by atoms with E-state index in [1.807, 2.05) is 0 Å². The Morgan fingerprint density at radius 2 is 1.03 bits per heavy atom. The number of rotatable bonds is 39. The number of aliphatic carboxylic acids is 2. The summed E-state index contributed by atoms with van der Waals surface area (Å²) in [5.74, 6) is -12.8. The highest BCUT2D eigenvalue weighted by atomic mass is 32.2.